The number of nitrogens with one attached hydrogen (secondary N) is 1. The average molecular weight is 256 g/mol. The van der Waals surface area contributed by atoms with Crippen LogP contribution in [0.4, 0.5) is 5.13 Å². The van der Waals surface area contributed by atoms with Gasteiger partial charge in [-0.2, -0.15) is 0 Å². The SMILES string of the molecule is COOCNc1ncc(C2CCC(=O)CC2)s1. The van der Waals surface area contributed by atoms with Crippen molar-refractivity contribution in [1.82, 2.24) is 4.98 Å². The van der Waals surface area contributed by atoms with Gasteiger partial charge in [0.15, 0.2) is 11.9 Å². The molecule has 6 heteroatoms. The lowest BCUT2D eigenvalue weighted by Crippen LogP contribution is -2.11. The molecule has 0 radical (unpaired) electrons. The number of carbonyl (C=O) groups excluding carboxylic acids is 1. The van der Waals surface area contributed by atoms with Crippen molar-refractivity contribution in [3.05, 3.63) is 11.1 Å². The number of aromatic nitrogens is 1. The van der Waals surface area contributed by atoms with E-state index in [-0.39, 0.29) is 6.73 Å². The van der Waals surface area contributed by atoms with Gasteiger partial charge in [0.2, 0.25) is 0 Å². The molecule has 0 unspecified atom stereocenters. The molecule has 0 aliphatic heterocycles. The van der Waals surface area contributed by atoms with E-state index in [0.717, 1.165) is 18.0 Å². The van der Waals surface area contributed by atoms with Crippen LogP contribution in [-0.4, -0.2) is 24.6 Å². The summed E-state index contributed by atoms with van der Waals surface area (Å²) in [6.07, 6.45) is 5.21. The van der Waals surface area contributed by atoms with Crippen molar-refractivity contribution in [1.29, 1.82) is 0 Å². The first kappa shape index (κ1) is 12.5. The molecule has 0 amide bonds. The summed E-state index contributed by atoms with van der Waals surface area (Å²) in [4.78, 5) is 25.9. The molecule has 1 aromatic rings. The van der Waals surface area contributed by atoms with Gasteiger partial charge in [-0.25, -0.2) is 14.8 Å². The van der Waals surface area contributed by atoms with Crippen LogP contribution in [0, 0.1) is 0 Å². The van der Waals surface area contributed by atoms with Gasteiger partial charge in [-0.15, -0.1) is 11.3 Å². The van der Waals surface area contributed by atoms with Gasteiger partial charge in [0, 0.05) is 23.9 Å². The molecule has 2 rings (SSSR count). The second kappa shape index (κ2) is 6.09. The summed E-state index contributed by atoms with van der Waals surface area (Å²) in [7, 11) is 1.47. The zero-order valence-electron chi connectivity index (χ0n) is 9.77. The van der Waals surface area contributed by atoms with Gasteiger partial charge in [0.25, 0.3) is 0 Å². The summed E-state index contributed by atoms with van der Waals surface area (Å²) in [5.41, 5.74) is 0. The number of ketones is 1. The van der Waals surface area contributed by atoms with Crippen molar-refractivity contribution in [2.24, 2.45) is 0 Å². The van der Waals surface area contributed by atoms with E-state index in [0.29, 0.717) is 24.5 Å². The van der Waals surface area contributed by atoms with E-state index in [1.165, 1.54) is 12.0 Å². The maximum atomic E-state index is 11.2. The van der Waals surface area contributed by atoms with Gasteiger partial charge >= 0.3 is 0 Å². The van der Waals surface area contributed by atoms with Crippen molar-refractivity contribution < 1.29 is 14.6 Å². The number of hydrogen-bond donors (Lipinski definition) is 1. The van der Waals surface area contributed by atoms with Crippen molar-refractivity contribution in [3.8, 4) is 0 Å². The number of thiazole rings is 1. The molecular formula is C11H16N2O3S. The molecule has 5 nitrogen and oxygen atoms in total. The highest BCUT2D eigenvalue weighted by molar-refractivity contribution is 7.15. The lowest BCUT2D eigenvalue weighted by molar-refractivity contribution is -0.266. The first-order valence-electron chi connectivity index (χ1n) is 5.66. The Morgan fingerprint density at radius 2 is 2.29 bits per heavy atom. The van der Waals surface area contributed by atoms with Crippen LogP contribution in [0.3, 0.4) is 0 Å². The molecule has 1 N–H and O–H groups in total. The summed E-state index contributed by atoms with van der Waals surface area (Å²) < 4.78 is 0. The summed E-state index contributed by atoms with van der Waals surface area (Å²) >= 11 is 1.62. The maximum absolute atomic E-state index is 11.2. The Morgan fingerprint density at radius 3 is 3.00 bits per heavy atom. The summed E-state index contributed by atoms with van der Waals surface area (Å²) in [6, 6.07) is 0. The van der Waals surface area contributed by atoms with E-state index in [1.807, 2.05) is 6.20 Å². The lowest BCUT2D eigenvalue weighted by atomic mass is 9.88. The summed E-state index contributed by atoms with van der Waals surface area (Å²) in [5.74, 6) is 0.877. The summed E-state index contributed by atoms with van der Waals surface area (Å²) in [6.45, 7) is 0.284. The quantitative estimate of drug-likeness (QED) is 0.379. The van der Waals surface area contributed by atoms with Crippen molar-refractivity contribution in [2.45, 2.75) is 31.6 Å². The van der Waals surface area contributed by atoms with Gasteiger partial charge in [0.05, 0.1) is 7.11 Å². The van der Waals surface area contributed by atoms with Crippen molar-refractivity contribution in [3.63, 3.8) is 0 Å². The van der Waals surface area contributed by atoms with Crippen molar-refractivity contribution in [2.75, 3.05) is 19.2 Å². The highest BCUT2D eigenvalue weighted by Crippen LogP contribution is 2.35. The molecule has 1 aromatic heterocycles. The van der Waals surface area contributed by atoms with E-state index in [2.05, 4.69) is 15.2 Å². The van der Waals surface area contributed by atoms with E-state index < -0.39 is 0 Å². The predicted molar refractivity (Wildman–Crippen MR) is 64.9 cm³/mol. The first-order valence-corrected chi connectivity index (χ1v) is 6.48. The van der Waals surface area contributed by atoms with Crippen LogP contribution < -0.4 is 5.32 Å². The zero-order chi connectivity index (χ0) is 12.1. The van der Waals surface area contributed by atoms with Crippen LogP contribution >= 0.6 is 11.3 Å². The molecule has 0 bridgehead atoms. The largest absolute Gasteiger partial charge is 0.336 e. The molecular weight excluding hydrogens is 240 g/mol. The van der Waals surface area contributed by atoms with Gasteiger partial charge in [0.1, 0.15) is 5.78 Å². The van der Waals surface area contributed by atoms with Gasteiger partial charge in [-0.3, -0.25) is 4.79 Å². The normalized spacial score (nSPS) is 17.4. The number of nitrogens with zero attached hydrogens (tertiary/aromatic N) is 1. The highest BCUT2D eigenvalue weighted by atomic mass is 32.1. The molecule has 0 aromatic carbocycles. The van der Waals surface area contributed by atoms with Crippen molar-refractivity contribution >= 4 is 22.3 Å². The summed E-state index contributed by atoms with van der Waals surface area (Å²) in [5, 5.41) is 3.83. The highest BCUT2D eigenvalue weighted by Gasteiger charge is 2.21. The molecule has 1 saturated carbocycles. The fraction of sp³-hybridized carbons (Fsp3) is 0.636. The minimum absolute atomic E-state index is 0.284. The van der Waals surface area contributed by atoms with Crippen LogP contribution in [-0.2, 0) is 14.6 Å². The molecule has 1 aliphatic carbocycles. The molecule has 1 heterocycles. The zero-order valence-corrected chi connectivity index (χ0v) is 10.6. The lowest BCUT2D eigenvalue weighted by Gasteiger charge is -2.18. The molecule has 0 saturated heterocycles. The van der Waals surface area contributed by atoms with Gasteiger partial charge in [-0.1, -0.05) is 0 Å². The Bertz CT molecular complexity index is 371. The minimum Gasteiger partial charge on any atom is -0.336 e. The van der Waals surface area contributed by atoms with Crippen LogP contribution in [0.15, 0.2) is 6.20 Å². The van der Waals surface area contributed by atoms with Gasteiger partial charge < -0.3 is 5.32 Å². The number of Topliss-reactive ketones (excluding diaryl/α,β-unsaturated/α-hetero) is 1. The number of rotatable bonds is 5. The third kappa shape index (κ3) is 3.49. The Hall–Kier alpha value is -0.980. The maximum Gasteiger partial charge on any atom is 0.184 e. The van der Waals surface area contributed by atoms with Crippen LogP contribution in [0.2, 0.25) is 0 Å². The topological polar surface area (TPSA) is 60.5 Å². The average Bonchev–Trinajstić information content (AvgIpc) is 2.79. The monoisotopic (exact) mass is 256 g/mol. The predicted octanol–water partition coefficient (Wildman–Crippen LogP) is 2.32. The number of anilines is 1. The Labute approximate surface area is 104 Å². The third-order valence-corrected chi connectivity index (χ3v) is 3.99. The molecule has 1 aliphatic rings. The van der Waals surface area contributed by atoms with Gasteiger partial charge in [-0.05, 0) is 18.8 Å². The molecule has 1 fully saturated rings. The Kier molecular flexibility index (Phi) is 4.47. The number of carbonyl (C=O) groups is 1. The Balaban J connectivity index is 1.87. The van der Waals surface area contributed by atoms with E-state index >= 15 is 0 Å². The second-order valence-electron chi connectivity index (χ2n) is 3.99. The molecule has 17 heavy (non-hydrogen) atoms. The number of hydrogen-bond acceptors (Lipinski definition) is 6. The standard InChI is InChI=1S/C11H16N2O3S/c1-15-16-7-13-11-12-6-10(17-11)8-2-4-9(14)5-3-8/h6,8H,2-5,7H2,1H3,(H,12,13). The molecule has 0 spiro atoms. The van der Waals surface area contributed by atoms with E-state index in [4.69, 9.17) is 4.89 Å². The minimum atomic E-state index is 0.284. The Morgan fingerprint density at radius 1 is 1.53 bits per heavy atom. The molecule has 0 atom stereocenters. The van der Waals surface area contributed by atoms with Crippen LogP contribution in [0.5, 0.6) is 0 Å². The van der Waals surface area contributed by atoms with E-state index in [9.17, 15) is 4.79 Å². The van der Waals surface area contributed by atoms with Crippen LogP contribution in [0.1, 0.15) is 36.5 Å². The molecule has 94 valence electrons. The fourth-order valence-corrected chi connectivity index (χ4v) is 2.90. The fourth-order valence-electron chi connectivity index (χ4n) is 1.93. The smallest absolute Gasteiger partial charge is 0.184 e. The first-order chi connectivity index (χ1) is 8.29. The van der Waals surface area contributed by atoms with Crippen LogP contribution in [0.25, 0.3) is 0 Å². The van der Waals surface area contributed by atoms with E-state index in [1.54, 1.807) is 11.3 Å². The second-order valence-corrected chi connectivity index (χ2v) is 5.05. The third-order valence-electron chi connectivity index (χ3n) is 2.87.